The van der Waals surface area contributed by atoms with Crippen LogP contribution in [0.3, 0.4) is 0 Å². The molecule has 1 aromatic heterocycles. The predicted molar refractivity (Wildman–Crippen MR) is 137 cm³/mol. The van der Waals surface area contributed by atoms with Gasteiger partial charge in [0, 0.05) is 30.3 Å². The lowest BCUT2D eigenvalue weighted by Crippen LogP contribution is -2.19. The first kappa shape index (κ1) is 23.7. The number of carbonyl (C=O) groups excluding carboxylic acids is 1. The van der Waals surface area contributed by atoms with Gasteiger partial charge in [0.1, 0.15) is 10.7 Å². The molecule has 3 aromatic carbocycles. The zero-order valence-electron chi connectivity index (χ0n) is 18.7. The van der Waals surface area contributed by atoms with Crippen LogP contribution in [0.5, 0.6) is 0 Å². The molecule has 5 N–H and O–H groups in total. The van der Waals surface area contributed by atoms with E-state index >= 15 is 0 Å². The fourth-order valence-corrected chi connectivity index (χ4v) is 3.94. The number of amides is 2. The SMILES string of the molecule is CN(c1ccc(NC(=O)Nc2ccccc2)cc1)c1ccnc(Nc2ccccc2S(N)(=O)=O)n1. The molecule has 0 spiro atoms. The number of para-hydroxylation sites is 2. The molecule has 0 atom stereocenters. The summed E-state index contributed by atoms with van der Waals surface area (Å²) in [6.07, 6.45) is 1.56. The van der Waals surface area contributed by atoms with E-state index in [4.69, 9.17) is 5.14 Å². The van der Waals surface area contributed by atoms with Crippen molar-refractivity contribution in [2.75, 3.05) is 27.9 Å². The van der Waals surface area contributed by atoms with Gasteiger partial charge in [0.15, 0.2) is 0 Å². The van der Waals surface area contributed by atoms with E-state index in [1.165, 1.54) is 6.07 Å². The number of nitrogens with zero attached hydrogens (tertiary/aromatic N) is 3. The van der Waals surface area contributed by atoms with Gasteiger partial charge in [-0.1, -0.05) is 30.3 Å². The van der Waals surface area contributed by atoms with Crippen molar-refractivity contribution in [2.24, 2.45) is 5.14 Å². The Kier molecular flexibility index (Phi) is 6.90. The highest BCUT2D eigenvalue weighted by atomic mass is 32.2. The molecule has 4 rings (SSSR count). The Balaban J connectivity index is 1.45. The molecular weight excluding hydrogens is 466 g/mol. The minimum atomic E-state index is -3.92. The van der Waals surface area contributed by atoms with Gasteiger partial charge in [0.2, 0.25) is 16.0 Å². The highest BCUT2D eigenvalue weighted by Crippen LogP contribution is 2.26. The second kappa shape index (κ2) is 10.2. The van der Waals surface area contributed by atoms with Gasteiger partial charge in [0.25, 0.3) is 0 Å². The number of carbonyl (C=O) groups is 1. The Bertz CT molecular complexity index is 1430. The van der Waals surface area contributed by atoms with Crippen molar-refractivity contribution in [2.45, 2.75) is 4.90 Å². The largest absolute Gasteiger partial charge is 0.329 e. The van der Waals surface area contributed by atoms with Crippen molar-refractivity contribution >= 4 is 50.6 Å². The van der Waals surface area contributed by atoms with Gasteiger partial charge in [0.05, 0.1) is 5.69 Å². The smallest absolute Gasteiger partial charge is 0.323 e. The van der Waals surface area contributed by atoms with E-state index in [1.54, 1.807) is 54.7 Å². The molecule has 2 amide bonds. The van der Waals surface area contributed by atoms with Gasteiger partial charge in [-0.25, -0.2) is 23.3 Å². The lowest BCUT2D eigenvalue weighted by Gasteiger charge is -2.19. The molecule has 178 valence electrons. The summed E-state index contributed by atoms with van der Waals surface area (Å²) in [6, 6.07) is 24.0. The number of nitrogens with one attached hydrogen (secondary N) is 3. The van der Waals surface area contributed by atoms with E-state index in [0.717, 1.165) is 5.69 Å². The van der Waals surface area contributed by atoms with Crippen LogP contribution in [0.25, 0.3) is 0 Å². The predicted octanol–water partition coefficient (Wildman–Crippen LogP) is 4.28. The summed E-state index contributed by atoms with van der Waals surface area (Å²) >= 11 is 0. The lowest BCUT2D eigenvalue weighted by atomic mass is 10.2. The van der Waals surface area contributed by atoms with Crippen molar-refractivity contribution in [1.29, 1.82) is 0 Å². The number of urea groups is 1. The maximum Gasteiger partial charge on any atom is 0.323 e. The van der Waals surface area contributed by atoms with E-state index in [-0.39, 0.29) is 22.6 Å². The second-order valence-corrected chi connectivity index (χ2v) is 8.99. The van der Waals surface area contributed by atoms with E-state index in [9.17, 15) is 13.2 Å². The highest BCUT2D eigenvalue weighted by Gasteiger charge is 2.15. The number of hydrogen-bond acceptors (Lipinski definition) is 7. The molecule has 0 saturated carbocycles. The van der Waals surface area contributed by atoms with Crippen LogP contribution < -0.4 is 26.0 Å². The van der Waals surface area contributed by atoms with Crippen LogP contribution in [0.4, 0.5) is 39.3 Å². The van der Waals surface area contributed by atoms with E-state index in [1.807, 2.05) is 42.3 Å². The third-order valence-corrected chi connectivity index (χ3v) is 5.94. The van der Waals surface area contributed by atoms with E-state index in [0.29, 0.717) is 17.2 Å². The Labute approximate surface area is 202 Å². The summed E-state index contributed by atoms with van der Waals surface area (Å²) in [7, 11) is -2.09. The molecule has 0 bridgehead atoms. The first-order chi connectivity index (χ1) is 16.8. The normalized spacial score (nSPS) is 10.9. The first-order valence-corrected chi connectivity index (χ1v) is 12.0. The Hall–Kier alpha value is -4.48. The first-order valence-electron chi connectivity index (χ1n) is 10.5. The average Bonchev–Trinajstić information content (AvgIpc) is 2.84. The van der Waals surface area contributed by atoms with Crippen LogP contribution in [0.1, 0.15) is 0 Å². The maximum absolute atomic E-state index is 12.2. The minimum Gasteiger partial charge on any atom is -0.329 e. The summed E-state index contributed by atoms with van der Waals surface area (Å²) in [6.45, 7) is 0. The fourth-order valence-electron chi connectivity index (χ4n) is 3.25. The van der Waals surface area contributed by atoms with Crippen molar-refractivity contribution in [3.05, 3.63) is 91.1 Å². The van der Waals surface area contributed by atoms with Crippen molar-refractivity contribution in [3.63, 3.8) is 0 Å². The molecule has 0 unspecified atom stereocenters. The zero-order valence-corrected chi connectivity index (χ0v) is 19.5. The van der Waals surface area contributed by atoms with Crippen LogP contribution in [0.2, 0.25) is 0 Å². The van der Waals surface area contributed by atoms with Crippen molar-refractivity contribution in [3.8, 4) is 0 Å². The average molecular weight is 490 g/mol. The Morgan fingerprint density at radius 3 is 2.17 bits per heavy atom. The molecule has 1 heterocycles. The second-order valence-electron chi connectivity index (χ2n) is 7.46. The Morgan fingerprint density at radius 2 is 1.49 bits per heavy atom. The molecular formula is C24H23N7O3S. The van der Waals surface area contributed by atoms with Gasteiger partial charge >= 0.3 is 6.03 Å². The van der Waals surface area contributed by atoms with Crippen LogP contribution in [-0.2, 0) is 10.0 Å². The number of benzene rings is 3. The standard InChI is InChI=1S/C24H23N7O3S/c1-31(19-13-11-18(12-14-19)28-24(32)27-17-7-3-2-4-8-17)22-15-16-26-23(30-22)29-20-9-5-6-10-21(20)35(25,33)34/h2-16H,1H3,(H2,25,33,34)(H,26,29,30)(H2,27,28,32). The molecule has 10 nitrogen and oxygen atoms in total. The summed E-state index contributed by atoms with van der Waals surface area (Å²) in [4.78, 5) is 22.6. The van der Waals surface area contributed by atoms with E-state index in [2.05, 4.69) is 25.9 Å². The van der Waals surface area contributed by atoms with Crippen molar-refractivity contribution < 1.29 is 13.2 Å². The maximum atomic E-state index is 12.2. The Morgan fingerprint density at radius 1 is 0.857 bits per heavy atom. The molecule has 0 aliphatic carbocycles. The molecule has 0 aliphatic rings. The topological polar surface area (TPSA) is 142 Å². The van der Waals surface area contributed by atoms with Crippen LogP contribution in [-0.4, -0.2) is 31.5 Å². The van der Waals surface area contributed by atoms with Crippen LogP contribution in [0.15, 0.2) is 96.0 Å². The van der Waals surface area contributed by atoms with Gasteiger partial charge in [-0.3, -0.25) is 0 Å². The van der Waals surface area contributed by atoms with Crippen LogP contribution in [0, 0.1) is 0 Å². The number of rotatable bonds is 7. The molecule has 0 aliphatic heterocycles. The monoisotopic (exact) mass is 489 g/mol. The number of anilines is 6. The minimum absolute atomic E-state index is 0.0539. The van der Waals surface area contributed by atoms with E-state index < -0.39 is 10.0 Å². The van der Waals surface area contributed by atoms with Gasteiger partial charge in [-0.2, -0.15) is 4.98 Å². The molecule has 35 heavy (non-hydrogen) atoms. The molecule has 0 fully saturated rings. The summed E-state index contributed by atoms with van der Waals surface area (Å²) in [5.41, 5.74) is 2.41. The fraction of sp³-hybridized carbons (Fsp3) is 0.0417. The number of nitrogens with two attached hydrogens (primary N) is 1. The molecule has 11 heteroatoms. The molecule has 4 aromatic rings. The quantitative estimate of drug-likeness (QED) is 0.303. The lowest BCUT2D eigenvalue weighted by molar-refractivity contribution is 0.262. The van der Waals surface area contributed by atoms with Crippen molar-refractivity contribution in [1.82, 2.24) is 9.97 Å². The number of primary sulfonamides is 1. The number of aromatic nitrogens is 2. The third-order valence-electron chi connectivity index (χ3n) is 4.97. The number of sulfonamides is 1. The van der Waals surface area contributed by atoms with Gasteiger partial charge in [-0.05, 0) is 54.6 Å². The van der Waals surface area contributed by atoms with Crippen LogP contribution >= 0.6 is 0 Å². The third kappa shape index (κ3) is 6.10. The summed E-state index contributed by atoms with van der Waals surface area (Å²) in [5, 5.41) is 13.8. The summed E-state index contributed by atoms with van der Waals surface area (Å²) in [5.74, 6) is 0.777. The highest BCUT2D eigenvalue weighted by molar-refractivity contribution is 7.89. The van der Waals surface area contributed by atoms with Gasteiger partial charge < -0.3 is 20.9 Å². The molecule has 0 saturated heterocycles. The van der Waals surface area contributed by atoms with Gasteiger partial charge in [-0.15, -0.1) is 0 Å². The molecule has 0 radical (unpaired) electrons. The number of hydrogen-bond donors (Lipinski definition) is 4. The zero-order chi connectivity index (χ0) is 24.8. The summed E-state index contributed by atoms with van der Waals surface area (Å²) < 4.78 is 23.7.